The monoisotopic (exact) mass is 282 g/mol. The number of para-hydroxylation sites is 1. The maximum absolute atomic E-state index is 9.47. The fourth-order valence-corrected chi connectivity index (χ4v) is 2.37. The van der Waals surface area contributed by atoms with Gasteiger partial charge in [0.2, 0.25) is 0 Å². The molecule has 0 aromatic heterocycles. The summed E-state index contributed by atoms with van der Waals surface area (Å²) in [4.78, 5) is 6.44. The van der Waals surface area contributed by atoms with Crippen LogP contribution in [0.1, 0.15) is 12.8 Å². The minimum Gasteiger partial charge on any atom is -0.362 e. The molecule has 0 spiro atoms. The summed E-state index contributed by atoms with van der Waals surface area (Å²) < 4.78 is 0. The van der Waals surface area contributed by atoms with Crippen LogP contribution in [-0.4, -0.2) is 28.4 Å². The van der Waals surface area contributed by atoms with E-state index in [2.05, 4.69) is 22.0 Å². The molecule has 4 heteroatoms. The zero-order valence-electron chi connectivity index (χ0n) is 11.7. The standard InChI is InChI=1S/C17H18N2O2/c20-17(21)10-6-14(7-11-17)9-13-19(16-8-12-18-16)15-4-2-1-3-5-15/h1-8,10,12,20-21H,9,11,13H2. The Morgan fingerprint density at radius 2 is 1.90 bits per heavy atom. The molecule has 0 saturated carbocycles. The van der Waals surface area contributed by atoms with Gasteiger partial charge in [-0.1, -0.05) is 35.9 Å². The molecule has 1 aromatic rings. The second kappa shape index (κ2) is 5.68. The quantitative estimate of drug-likeness (QED) is 0.834. The number of amidine groups is 1. The second-order valence-electron chi connectivity index (χ2n) is 5.24. The fourth-order valence-electron chi connectivity index (χ4n) is 2.37. The number of allylic oxidation sites excluding steroid dienone is 1. The molecule has 0 radical (unpaired) electrons. The smallest absolute Gasteiger partial charge is 0.186 e. The molecule has 108 valence electrons. The molecule has 1 aliphatic heterocycles. The summed E-state index contributed by atoms with van der Waals surface area (Å²) in [5.41, 5.74) is 2.22. The van der Waals surface area contributed by atoms with Crippen molar-refractivity contribution >= 4 is 11.5 Å². The Morgan fingerprint density at radius 3 is 2.48 bits per heavy atom. The van der Waals surface area contributed by atoms with E-state index in [1.807, 2.05) is 30.4 Å². The summed E-state index contributed by atoms with van der Waals surface area (Å²) in [5, 5.41) is 18.9. The Hall–Kier alpha value is -2.17. The van der Waals surface area contributed by atoms with Gasteiger partial charge >= 0.3 is 0 Å². The number of hydrogen-bond acceptors (Lipinski definition) is 4. The third-order valence-electron chi connectivity index (χ3n) is 3.63. The van der Waals surface area contributed by atoms with Crippen molar-refractivity contribution in [2.24, 2.45) is 4.99 Å². The van der Waals surface area contributed by atoms with Crippen molar-refractivity contribution in [3.8, 4) is 0 Å². The lowest BCUT2D eigenvalue weighted by molar-refractivity contribution is -0.115. The van der Waals surface area contributed by atoms with Gasteiger partial charge in [-0.2, -0.15) is 0 Å². The number of aliphatic imine (C=N–C) groups is 1. The predicted molar refractivity (Wildman–Crippen MR) is 84.0 cm³/mol. The highest BCUT2D eigenvalue weighted by atomic mass is 16.5. The lowest BCUT2D eigenvalue weighted by atomic mass is 10.00. The van der Waals surface area contributed by atoms with Gasteiger partial charge in [0.1, 0.15) is 5.84 Å². The first-order chi connectivity index (χ1) is 10.1. The first kappa shape index (κ1) is 13.8. The Labute approximate surface area is 124 Å². The van der Waals surface area contributed by atoms with Gasteiger partial charge in [-0.25, -0.2) is 4.99 Å². The van der Waals surface area contributed by atoms with Crippen LogP contribution >= 0.6 is 0 Å². The Morgan fingerprint density at radius 1 is 1.14 bits per heavy atom. The fraction of sp³-hybridized carbons (Fsp3) is 0.235. The molecule has 1 heterocycles. The van der Waals surface area contributed by atoms with Crippen molar-refractivity contribution in [2.45, 2.75) is 18.6 Å². The maximum atomic E-state index is 9.47. The lowest BCUT2D eigenvalue weighted by Crippen LogP contribution is -2.33. The molecule has 0 atom stereocenters. The number of rotatable bonds is 4. The van der Waals surface area contributed by atoms with Gasteiger partial charge in [0.15, 0.2) is 5.79 Å². The summed E-state index contributed by atoms with van der Waals surface area (Å²) in [6.45, 7) is 0.799. The molecule has 0 unspecified atom stereocenters. The molecule has 0 bridgehead atoms. The van der Waals surface area contributed by atoms with E-state index in [0.717, 1.165) is 30.1 Å². The highest BCUT2D eigenvalue weighted by Crippen LogP contribution is 2.23. The van der Waals surface area contributed by atoms with Crippen molar-refractivity contribution in [3.05, 3.63) is 66.4 Å². The molecule has 2 aliphatic rings. The minimum atomic E-state index is -1.69. The number of anilines is 1. The first-order valence-corrected chi connectivity index (χ1v) is 7.04. The maximum Gasteiger partial charge on any atom is 0.186 e. The van der Waals surface area contributed by atoms with Gasteiger partial charge in [0.05, 0.1) is 0 Å². The van der Waals surface area contributed by atoms with E-state index in [0.29, 0.717) is 0 Å². The van der Waals surface area contributed by atoms with Gasteiger partial charge in [-0.05, 0) is 30.7 Å². The number of aliphatic hydroxyl groups is 2. The second-order valence-corrected chi connectivity index (χ2v) is 5.24. The zero-order valence-corrected chi connectivity index (χ0v) is 11.7. The molecule has 21 heavy (non-hydrogen) atoms. The van der Waals surface area contributed by atoms with E-state index in [-0.39, 0.29) is 6.42 Å². The van der Waals surface area contributed by atoms with E-state index in [9.17, 15) is 10.2 Å². The summed E-state index contributed by atoms with van der Waals surface area (Å²) in [5.74, 6) is -0.732. The van der Waals surface area contributed by atoms with E-state index >= 15 is 0 Å². The van der Waals surface area contributed by atoms with E-state index in [1.165, 1.54) is 6.08 Å². The van der Waals surface area contributed by atoms with Gasteiger partial charge in [0.25, 0.3) is 0 Å². The number of hydrogen-bond donors (Lipinski definition) is 2. The predicted octanol–water partition coefficient (Wildman–Crippen LogP) is 2.38. The van der Waals surface area contributed by atoms with Crippen LogP contribution in [0.15, 0.2) is 71.4 Å². The summed E-state index contributed by atoms with van der Waals surface area (Å²) >= 11 is 0. The number of nitrogens with zero attached hydrogens (tertiary/aromatic N) is 2. The molecule has 1 aromatic carbocycles. The first-order valence-electron chi connectivity index (χ1n) is 7.04. The van der Waals surface area contributed by atoms with Crippen molar-refractivity contribution in [2.75, 3.05) is 11.4 Å². The average molecular weight is 282 g/mol. The third kappa shape index (κ3) is 3.29. The van der Waals surface area contributed by atoms with Crippen LogP contribution in [0.5, 0.6) is 0 Å². The van der Waals surface area contributed by atoms with Gasteiger partial charge in [-0.15, -0.1) is 0 Å². The summed E-state index contributed by atoms with van der Waals surface area (Å²) in [6.07, 6.45) is 9.95. The summed E-state index contributed by atoms with van der Waals surface area (Å²) in [7, 11) is 0. The minimum absolute atomic E-state index is 0.241. The van der Waals surface area contributed by atoms with Crippen molar-refractivity contribution < 1.29 is 10.2 Å². The van der Waals surface area contributed by atoms with Gasteiger partial charge in [-0.3, -0.25) is 0 Å². The molecule has 4 nitrogen and oxygen atoms in total. The molecular weight excluding hydrogens is 264 g/mol. The van der Waals surface area contributed by atoms with Crippen LogP contribution in [-0.2, 0) is 0 Å². The molecule has 0 fully saturated rings. The largest absolute Gasteiger partial charge is 0.362 e. The van der Waals surface area contributed by atoms with Crippen LogP contribution in [0.25, 0.3) is 0 Å². The van der Waals surface area contributed by atoms with Crippen molar-refractivity contribution in [1.29, 1.82) is 0 Å². The highest BCUT2D eigenvalue weighted by Gasteiger charge is 2.21. The highest BCUT2D eigenvalue weighted by molar-refractivity contribution is 6.09. The van der Waals surface area contributed by atoms with Gasteiger partial charge < -0.3 is 15.1 Å². The van der Waals surface area contributed by atoms with Crippen molar-refractivity contribution in [3.63, 3.8) is 0 Å². The van der Waals surface area contributed by atoms with Crippen molar-refractivity contribution in [1.82, 2.24) is 0 Å². The molecule has 3 rings (SSSR count). The van der Waals surface area contributed by atoms with Crippen LogP contribution in [0.4, 0.5) is 5.69 Å². The normalized spacial score (nSPS) is 18.8. The van der Waals surface area contributed by atoms with Gasteiger partial charge in [0, 0.05) is 24.9 Å². The number of benzene rings is 1. The molecular formula is C17H18N2O2. The van der Waals surface area contributed by atoms with E-state index < -0.39 is 5.79 Å². The molecule has 2 N–H and O–H groups in total. The Bertz CT molecular complexity index is 627. The molecule has 0 saturated heterocycles. The molecule has 0 amide bonds. The Kier molecular flexibility index (Phi) is 3.73. The molecule has 1 aliphatic carbocycles. The van der Waals surface area contributed by atoms with Crippen LogP contribution in [0, 0.1) is 0 Å². The van der Waals surface area contributed by atoms with Crippen LogP contribution < -0.4 is 4.90 Å². The average Bonchev–Trinajstić information content (AvgIpc) is 2.43. The van der Waals surface area contributed by atoms with Crippen LogP contribution in [0.2, 0.25) is 0 Å². The van der Waals surface area contributed by atoms with E-state index in [1.54, 1.807) is 12.3 Å². The Balaban J connectivity index is 1.67. The summed E-state index contributed by atoms with van der Waals surface area (Å²) in [6, 6.07) is 10.1. The lowest BCUT2D eigenvalue weighted by Gasteiger charge is -2.27. The SMILES string of the molecule is OC1(O)C=CC(CCN(C2=NC=C2)c2ccccc2)=CC1. The van der Waals surface area contributed by atoms with Crippen LogP contribution in [0.3, 0.4) is 0 Å². The zero-order chi connectivity index (χ0) is 14.7. The van der Waals surface area contributed by atoms with E-state index in [4.69, 9.17) is 0 Å². The topological polar surface area (TPSA) is 56.1 Å². The third-order valence-corrected chi connectivity index (χ3v) is 3.63.